The summed E-state index contributed by atoms with van der Waals surface area (Å²) in [6.45, 7) is 2.04. The largest absolute Gasteiger partial charge is 0.497 e. The van der Waals surface area contributed by atoms with Crippen molar-refractivity contribution < 1.29 is 4.74 Å². The average molecular weight is 276 g/mol. The molecule has 3 nitrogen and oxygen atoms in total. The Labute approximate surface area is 118 Å². The van der Waals surface area contributed by atoms with Gasteiger partial charge in [-0.15, -0.1) is 11.3 Å². The van der Waals surface area contributed by atoms with E-state index in [0.29, 0.717) is 6.04 Å². The van der Waals surface area contributed by atoms with Crippen LogP contribution in [-0.2, 0) is 12.8 Å². The molecule has 0 aliphatic rings. The number of methoxy groups -OCH3 is 1. The molecule has 0 spiro atoms. The number of aromatic nitrogens is 1. The minimum absolute atomic E-state index is 0.401. The molecule has 19 heavy (non-hydrogen) atoms. The first-order chi connectivity index (χ1) is 9.21. The summed E-state index contributed by atoms with van der Waals surface area (Å²) in [5.74, 6) is 0.914. The maximum atomic E-state index is 5.26. The van der Waals surface area contributed by atoms with Crippen LogP contribution < -0.4 is 10.1 Å². The lowest BCUT2D eigenvalue weighted by molar-refractivity contribution is 0.414. The summed E-state index contributed by atoms with van der Waals surface area (Å²) in [7, 11) is 3.71. The Morgan fingerprint density at radius 3 is 2.84 bits per heavy atom. The van der Waals surface area contributed by atoms with Crippen molar-refractivity contribution in [2.45, 2.75) is 25.8 Å². The molecule has 0 aliphatic carbocycles. The fraction of sp³-hybridized carbons (Fsp3) is 0.400. The lowest BCUT2D eigenvalue weighted by atomic mass is 10.0. The monoisotopic (exact) mass is 276 g/mol. The number of benzene rings is 1. The van der Waals surface area contributed by atoms with Crippen LogP contribution >= 0.6 is 11.3 Å². The third-order valence-corrected chi connectivity index (χ3v) is 4.10. The number of nitrogens with zero attached hydrogens (tertiary/aromatic N) is 1. The van der Waals surface area contributed by atoms with E-state index in [9.17, 15) is 0 Å². The second-order valence-electron chi connectivity index (χ2n) is 4.63. The van der Waals surface area contributed by atoms with Crippen molar-refractivity contribution in [3.8, 4) is 5.75 Å². The number of hydrogen-bond acceptors (Lipinski definition) is 4. The third kappa shape index (κ3) is 4.04. The summed E-state index contributed by atoms with van der Waals surface area (Å²) in [5, 5.41) is 6.67. The molecule has 1 aromatic heterocycles. The van der Waals surface area contributed by atoms with Crippen molar-refractivity contribution >= 4 is 11.3 Å². The van der Waals surface area contributed by atoms with Gasteiger partial charge in [-0.25, -0.2) is 4.98 Å². The highest BCUT2D eigenvalue weighted by atomic mass is 32.1. The molecule has 0 bridgehead atoms. The van der Waals surface area contributed by atoms with Crippen molar-refractivity contribution in [2.75, 3.05) is 14.2 Å². The van der Waals surface area contributed by atoms with Gasteiger partial charge in [0.25, 0.3) is 0 Å². The smallest absolute Gasteiger partial charge is 0.119 e. The summed E-state index contributed by atoms with van der Waals surface area (Å²) in [6, 6.07) is 8.64. The van der Waals surface area contributed by atoms with Gasteiger partial charge in [0.15, 0.2) is 0 Å². The third-order valence-electron chi connectivity index (χ3n) is 3.11. The van der Waals surface area contributed by atoms with Crippen LogP contribution in [0.2, 0.25) is 0 Å². The minimum Gasteiger partial charge on any atom is -0.497 e. The topological polar surface area (TPSA) is 34.1 Å². The van der Waals surface area contributed by atoms with Crippen molar-refractivity contribution in [3.63, 3.8) is 0 Å². The van der Waals surface area contributed by atoms with Crippen LogP contribution in [0.5, 0.6) is 5.75 Å². The zero-order valence-electron chi connectivity index (χ0n) is 11.6. The van der Waals surface area contributed by atoms with Gasteiger partial charge in [-0.1, -0.05) is 12.1 Å². The van der Waals surface area contributed by atoms with E-state index >= 15 is 0 Å². The van der Waals surface area contributed by atoms with Crippen LogP contribution in [0.4, 0.5) is 0 Å². The molecule has 0 aliphatic heterocycles. The summed E-state index contributed by atoms with van der Waals surface area (Å²) in [5.41, 5.74) is 2.39. The van der Waals surface area contributed by atoms with Crippen LogP contribution in [0.15, 0.2) is 29.6 Å². The van der Waals surface area contributed by atoms with Crippen molar-refractivity contribution in [2.24, 2.45) is 0 Å². The number of rotatable bonds is 6. The highest BCUT2D eigenvalue weighted by Gasteiger charge is 2.11. The molecule has 0 saturated carbocycles. The molecule has 1 heterocycles. The Balaban J connectivity index is 2.01. The number of aryl methyl sites for hydroxylation is 1. The molecule has 102 valence electrons. The van der Waals surface area contributed by atoms with Crippen LogP contribution in [0.1, 0.15) is 16.3 Å². The average Bonchev–Trinajstić information content (AvgIpc) is 2.83. The van der Waals surface area contributed by atoms with Gasteiger partial charge in [-0.3, -0.25) is 0 Å². The van der Waals surface area contributed by atoms with E-state index in [1.165, 1.54) is 10.6 Å². The predicted molar refractivity (Wildman–Crippen MR) is 80.1 cm³/mol. The van der Waals surface area contributed by atoms with E-state index in [0.717, 1.165) is 24.3 Å². The maximum Gasteiger partial charge on any atom is 0.119 e. The number of likely N-dealkylation sites (N-methyl/N-ethyl adjacent to an activating group) is 1. The normalized spacial score (nSPS) is 12.4. The van der Waals surface area contributed by atoms with Crippen LogP contribution in [0.3, 0.4) is 0 Å². The first kappa shape index (κ1) is 14.0. The van der Waals surface area contributed by atoms with Gasteiger partial charge in [0, 0.05) is 23.5 Å². The van der Waals surface area contributed by atoms with E-state index < -0.39 is 0 Å². The predicted octanol–water partition coefficient (Wildman–Crippen LogP) is 2.83. The van der Waals surface area contributed by atoms with E-state index in [2.05, 4.69) is 27.8 Å². The van der Waals surface area contributed by atoms with Crippen molar-refractivity contribution in [3.05, 3.63) is 45.9 Å². The molecule has 0 amide bonds. The second kappa shape index (κ2) is 6.68. The van der Waals surface area contributed by atoms with Gasteiger partial charge >= 0.3 is 0 Å². The SMILES string of the molecule is CNC(Cc1cccc(OC)c1)Cc1nc(C)cs1. The summed E-state index contributed by atoms with van der Waals surface area (Å²) in [6.07, 6.45) is 1.94. The fourth-order valence-electron chi connectivity index (χ4n) is 2.07. The van der Waals surface area contributed by atoms with Crippen molar-refractivity contribution in [1.82, 2.24) is 10.3 Å². The molecular weight excluding hydrogens is 256 g/mol. The van der Waals surface area contributed by atoms with E-state index in [-0.39, 0.29) is 0 Å². The Bertz CT molecular complexity index is 524. The van der Waals surface area contributed by atoms with Crippen molar-refractivity contribution in [1.29, 1.82) is 0 Å². The zero-order valence-corrected chi connectivity index (χ0v) is 12.5. The van der Waals surface area contributed by atoms with Crippen LogP contribution in [0.25, 0.3) is 0 Å². The fourth-order valence-corrected chi connectivity index (χ4v) is 2.92. The van der Waals surface area contributed by atoms with Gasteiger partial charge in [-0.05, 0) is 38.1 Å². The number of nitrogens with one attached hydrogen (secondary N) is 1. The standard InChI is InChI=1S/C15H20N2OS/c1-11-10-19-15(17-11)9-13(16-2)7-12-5-4-6-14(8-12)18-3/h4-6,8,10,13,16H,7,9H2,1-3H3. The first-order valence-corrected chi connectivity index (χ1v) is 7.30. The molecule has 1 N–H and O–H groups in total. The molecule has 0 saturated heterocycles. The minimum atomic E-state index is 0.401. The molecule has 0 fully saturated rings. The van der Waals surface area contributed by atoms with Gasteiger partial charge in [-0.2, -0.15) is 0 Å². The molecule has 1 aromatic carbocycles. The molecular formula is C15H20N2OS. The molecule has 2 rings (SSSR count). The van der Waals surface area contributed by atoms with E-state index in [1.807, 2.05) is 26.1 Å². The summed E-state index contributed by atoms with van der Waals surface area (Å²) >= 11 is 1.74. The van der Waals surface area contributed by atoms with E-state index in [1.54, 1.807) is 18.4 Å². The van der Waals surface area contributed by atoms with Gasteiger partial charge < -0.3 is 10.1 Å². The highest BCUT2D eigenvalue weighted by molar-refractivity contribution is 7.09. The Morgan fingerprint density at radius 1 is 1.37 bits per heavy atom. The van der Waals surface area contributed by atoms with Gasteiger partial charge in [0.1, 0.15) is 5.75 Å². The summed E-state index contributed by atoms with van der Waals surface area (Å²) < 4.78 is 5.26. The number of hydrogen-bond donors (Lipinski definition) is 1. The van der Waals surface area contributed by atoms with Crippen LogP contribution in [-0.4, -0.2) is 25.2 Å². The Hall–Kier alpha value is -1.39. The summed E-state index contributed by atoms with van der Waals surface area (Å²) in [4.78, 5) is 4.53. The lowest BCUT2D eigenvalue weighted by Crippen LogP contribution is -2.29. The zero-order chi connectivity index (χ0) is 13.7. The quantitative estimate of drug-likeness (QED) is 0.881. The molecule has 4 heteroatoms. The van der Waals surface area contributed by atoms with E-state index in [4.69, 9.17) is 4.74 Å². The molecule has 1 unspecified atom stereocenters. The number of thiazole rings is 1. The second-order valence-corrected chi connectivity index (χ2v) is 5.57. The highest BCUT2D eigenvalue weighted by Crippen LogP contribution is 2.17. The Morgan fingerprint density at radius 2 is 2.21 bits per heavy atom. The van der Waals surface area contributed by atoms with Gasteiger partial charge in [0.2, 0.25) is 0 Å². The van der Waals surface area contributed by atoms with Crippen LogP contribution in [0, 0.1) is 6.92 Å². The Kier molecular flexibility index (Phi) is 4.93. The maximum absolute atomic E-state index is 5.26. The van der Waals surface area contributed by atoms with Gasteiger partial charge in [0.05, 0.1) is 12.1 Å². The molecule has 2 aromatic rings. The molecule has 1 atom stereocenters. The first-order valence-electron chi connectivity index (χ1n) is 6.42. The number of ether oxygens (including phenoxy) is 1. The lowest BCUT2D eigenvalue weighted by Gasteiger charge is -2.15. The molecule has 0 radical (unpaired) electrons.